The molecule has 1 heterocycles. The molecular weight excluding hydrogens is 192 g/mol. The lowest BCUT2D eigenvalue weighted by molar-refractivity contribution is 0.343. The summed E-state index contributed by atoms with van der Waals surface area (Å²) >= 11 is 0. The average Bonchev–Trinajstić information content (AvgIpc) is 2.29. The van der Waals surface area contributed by atoms with Crippen molar-refractivity contribution in [3.05, 3.63) is 24.0 Å². The molecule has 0 aliphatic carbocycles. The number of anilines is 1. The van der Waals surface area contributed by atoms with Gasteiger partial charge in [0.05, 0.1) is 5.56 Å². The molecule has 0 bridgehead atoms. The molecule has 0 unspecified atom stereocenters. The van der Waals surface area contributed by atoms with E-state index in [1.54, 1.807) is 0 Å². The molecule has 82 valence electrons. The fourth-order valence-corrected chi connectivity index (χ4v) is 1.19. The number of hydrogen-bond acceptors (Lipinski definition) is 5. The molecule has 0 atom stereocenters. The van der Waals surface area contributed by atoms with Crippen LogP contribution in [0.25, 0.3) is 0 Å². The predicted molar refractivity (Wildman–Crippen MR) is 59.5 cm³/mol. The average molecular weight is 208 g/mol. The summed E-state index contributed by atoms with van der Waals surface area (Å²) in [5.74, 6) is 6.54. The summed E-state index contributed by atoms with van der Waals surface area (Å²) in [4.78, 5) is 8.08. The summed E-state index contributed by atoms with van der Waals surface area (Å²) in [6, 6.07) is 0. The SMILES string of the molecule is C/C=C/COc1ncnc(NN)c1CC. The van der Waals surface area contributed by atoms with Crippen LogP contribution in [-0.4, -0.2) is 16.6 Å². The van der Waals surface area contributed by atoms with Crippen molar-refractivity contribution in [3.63, 3.8) is 0 Å². The third-order valence-electron chi connectivity index (χ3n) is 1.95. The van der Waals surface area contributed by atoms with E-state index in [1.165, 1.54) is 6.33 Å². The molecule has 0 aliphatic heterocycles. The Hall–Kier alpha value is -1.62. The van der Waals surface area contributed by atoms with Gasteiger partial charge < -0.3 is 10.2 Å². The molecular formula is C10H16N4O. The van der Waals surface area contributed by atoms with Gasteiger partial charge in [0.1, 0.15) is 18.8 Å². The van der Waals surface area contributed by atoms with Crippen molar-refractivity contribution >= 4 is 5.82 Å². The predicted octanol–water partition coefficient (Wildman–Crippen LogP) is 1.28. The monoisotopic (exact) mass is 208 g/mol. The topological polar surface area (TPSA) is 73.1 Å². The number of aromatic nitrogens is 2. The highest BCUT2D eigenvalue weighted by atomic mass is 16.5. The van der Waals surface area contributed by atoms with Crippen LogP contribution in [0.2, 0.25) is 0 Å². The Labute approximate surface area is 89.3 Å². The van der Waals surface area contributed by atoms with Crippen molar-refractivity contribution in [2.45, 2.75) is 20.3 Å². The van der Waals surface area contributed by atoms with E-state index in [-0.39, 0.29) is 0 Å². The van der Waals surface area contributed by atoms with Crippen LogP contribution >= 0.6 is 0 Å². The first kappa shape index (κ1) is 11.5. The lowest BCUT2D eigenvalue weighted by atomic mass is 10.2. The minimum atomic E-state index is 0.504. The molecule has 0 fully saturated rings. The van der Waals surface area contributed by atoms with Gasteiger partial charge in [0.2, 0.25) is 5.88 Å². The number of nitrogens with two attached hydrogens (primary N) is 1. The summed E-state index contributed by atoms with van der Waals surface area (Å²) in [7, 11) is 0. The lowest BCUT2D eigenvalue weighted by Crippen LogP contribution is -2.12. The van der Waals surface area contributed by atoms with Crippen molar-refractivity contribution < 1.29 is 4.74 Å². The van der Waals surface area contributed by atoms with E-state index < -0.39 is 0 Å². The van der Waals surface area contributed by atoms with Gasteiger partial charge in [0, 0.05) is 0 Å². The molecule has 1 aromatic heterocycles. The van der Waals surface area contributed by atoms with Gasteiger partial charge in [-0.25, -0.2) is 15.8 Å². The van der Waals surface area contributed by atoms with Gasteiger partial charge >= 0.3 is 0 Å². The van der Waals surface area contributed by atoms with E-state index in [0.717, 1.165) is 12.0 Å². The van der Waals surface area contributed by atoms with Gasteiger partial charge in [-0.15, -0.1) is 0 Å². The summed E-state index contributed by atoms with van der Waals surface area (Å²) < 4.78 is 5.48. The van der Waals surface area contributed by atoms with Gasteiger partial charge in [-0.3, -0.25) is 0 Å². The Morgan fingerprint density at radius 3 is 2.93 bits per heavy atom. The zero-order chi connectivity index (χ0) is 11.1. The minimum absolute atomic E-state index is 0.504. The third kappa shape index (κ3) is 2.92. The van der Waals surface area contributed by atoms with E-state index in [1.807, 2.05) is 26.0 Å². The van der Waals surface area contributed by atoms with Crippen LogP contribution in [0.5, 0.6) is 5.88 Å². The van der Waals surface area contributed by atoms with Crippen molar-refractivity contribution in [2.75, 3.05) is 12.0 Å². The first-order valence-electron chi connectivity index (χ1n) is 4.87. The van der Waals surface area contributed by atoms with Crippen LogP contribution in [0.4, 0.5) is 5.82 Å². The Bertz CT molecular complexity index is 338. The molecule has 0 radical (unpaired) electrons. The maximum Gasteiger partial charge on any atom is 0.222 e. The molecule has 1 rings (SSSR count). The smallest absolute Gasteiger partial charge is 0.222 e. The molecule has 0 aliphatic rings. The third-order valence-corrected chi connectivity index (χ3v) is 1.95. The number of hydrazine groups is 1. The second kappa shape index (κ2) is 5.98. The first-order valence-corrected chi connectivity index (χ1v) is 4.87. The minimum Gasteiger partial charge on any atom is -0.473 e. The number of nitrogen functional groups attached to an aromatic ring is 1. The molecule has 5 nitrogen and oxygen atoms in total. The molecule has 0 aromatic carbocycles. The number of ether oxygens (including phenoxy) is 1. The molecule has 3 N–H and O–H groups in total. The van der Waals surface area contributed by atoms with Crippen LogP contribution in [0.15, 0.2) is 18.5 Å². The Morgan fingerprint density at radius 2 is 2.33 bits per heavy atom. The van der Waals surface area contributed by atoms with Gasteiger partial charge in [-0.1, -0.05) is 19.1 Å². The van der Waals surface area contributed by atoms with Crippen molar-refractivity contribution in [1.29, 1.82) is 0 Å². The maximum absolute atomic E-state index is 5.48. The van der Waals surface area contributed by atoms with E-state index in [2.05, 4.69) is 15.4 Å². The van der Waals surface area contributed by atoms with Crippen LogP contribution in [-0.2, 0) is 6.42 Å². The molecule has 0 saturated carbocycles. The highest BCUT2D eigenvalue weighted by Crippen LogP contribution is 2.21. The fraction of sp³-hybridized carbons (Fsp3) is 0.400. The molecule has 0 amide bonds. The molecule has 0 saturated heterocycles. The summed E-state index contributed by atoms with van der Waals surface area (Å²) in [6.07, 6.45) is 6.04. The Morgan fingerprint density at radius 1 is 1.53 bits per heavy atom. The maximum atomic E-state index is 5.48. The quantitative estimate of drug-likeness (QED) is 0.433. The van der Waals surface area contributed by atoms with Crippen molar-refractivity contribution in [2.24, 2.45) is 5.84 Å². The first-order chi connectivity index (χ1) is 7.33. The van der Waals surface area contributed by atoms with Gasteiger partial charge in [0.25, 0.3) is 0 Å². The highest BCUT2D eigenvalue weighted by molar-refractivity contribution is 5.47. The van der Waals surface area contributed by atoms with Crippen LogP contribution < -0.4 is 16.0 Å². The Balaban J connectivity index is 2.85. The van der Waals surface area contributed by atoms with Crippen molar-refractivity contribution in [1.82, 2.24) is 9.97 Å². The molecule has 15 heavy (non-hydrogen) atoms. The lowest BCUT2D eigenvalue weighted by Gasteiger charge is -2.10. The standard InChI is InChI=1S/C10H16N4O/c1-3-5-6-15-10-8(4-2)9(14-11)12-7-13-10/h3,5,7H,4,6,11H2,1-2H3,(H,12,13,14)/b5-3+. The summed E-state index contributed by atoms with van der Waals surface area (Å²) in [5.41, 5.74) is 3.42. The number of allylic oxidation sites excluding steroid dienone is 1. The van der Waals surface area contributed by atoms with E-state index in [9.17, 15) is 0 Å². The molecule has 5 heteroatoms. The summed E-state index contributed by atoms with van der Waals surface area (Å²) in [6.45, 7) is 4.45. The summed E-state index contributed by atoms with van der Waals surface area (Å²) in [5, 5.41) is 0. The van der Waals surface area contributed by atoms with Gasteiger partial charge in [-0.05, 0) is 13.3 Å². The van der Waals surface area contributed by atoms with E-state index in [0.29, 0.717) is 18.3 Å². The van der Waals surface area contributed by atoms with Crippen LogP contribution in [0.3, 0.4) is 0 Å². The molecule has 1 aromatic rings. The van der Waals surface area contributed by atoms with Crippen LogP contribution in [0, 0.1) is 0 Å². The number of rotatable bonds is 5. The van der Waals surface area contributed by atoms with Crippen LogP contribution in [0.1, 0.15) is 19.4 Å². The normalized spacial score (nSPS) is 10.6. The van der Waals surface area contributed by atoms with E-state index in [4.69, 9.17) is 10.6 Å². The van der Waals surface area contributed by atoms with Crippen molar-refractivity contribution in [3.8, 4) is 5.88 Å². The zero-order valence-corrected chi connectivity index (χ0v) is 9.03. The number of nitrogens with zero attached hydrogens (tertiary/aromatic N) is 2. The van der Waals surface area contributed by atoms with E-state index >= 15 is 0 Å². The van der Waals surface area contributed by atoms with Gasteiger partial charge in [0.15, 0.2) is 0 Å². The second-order valence-electron chi connectivity index (χ2n) is 2.88. The highest BCUT2D eigenvalue weighted by Gasteiger charge is 2.08. The fourth-order valence-electron chi connectivity index (χ4n) is 1.19. The number of hydrogen-bond donors (Lipinski definition) is 2. The second-order valence-corrected chi connectivity index (χ2v) is 2.88. The zero-order valence-electron chi connectivity index (χ0n) is 9.03. The van der Waals surface area contributed by atoms with Gasteiger partial charge in [-0.2, -0.15) is 0 Å². The number of nitrogens with one attached hydrogen (secondary N) is 1. The molecule has 0 spiro atoms. The Kier molecular flexibility index (Phi) is 4.56. The largest absolute Gasteiger partial charge is 0.473 e.